The first-order valence-corrected chi connectivity index (χ1v) is 7.40. The molecule has 5 heteroatoms. The Morgan fingerprint density at radius 2 is 2.22 bits per heavy atom. The van der Waals surface area contributed by atoms with Crippen molar-refractivity contribution in [3.05, 3.63) is 12.4 Å². The number of alkyl halides is 1. The van der Waals surface area contributed by atoms with Gasteiger partial charge < -0.3 is 9.64 Å². The van der Waals surface area contributed by atoms with E-state index in [-0.39, 0.29) is 0 Å². The summed E-state index contributed by atoms with van der Waals surface area (Å²) in [5.41, 5.74) is 0. The molecule has 0 unspecified atom stereocenters. The highest BCUT2D eigenvalue weighted by atomic mass is 79.9. The summed E-state index contributed by atoms with van der Waals surface area (Å²) >= 11 is 3.62. The molecule has 0 aliphatic heterocycles. The Balaban J connectivity index is 1.90. The zero-order valence-electron chi connectivity index (χ0n) is 11.0. The van der Waals surface area contributed by atoms with Gasteiger partial charge in [-0.15, -0.1) is 0 Å². The molecule has 1 aliphatic rings. The van der Waals surface area contributed by atoms with Crippen LogP contribution >= 0.6 is 15.9 Å². The van der Waals surface area contributed by atoms with Gasteiger partial charge >= 0.3 is 0 Å². The van der Waals surface area contributed by atoms with Crippen molar-refractivity contribution in [1.82, 2.24) is 9.97 Å². The summed E-state index contributed by atoms with van der Waals surface area (Å²) in [6, 6.07) is 1.92. The summed E-state index contributed by atoms with van der Waals surface area (Å²) in [6.07, 6.45) is 5.08. The van der Waals surface area contributed by atoms with Gasteiger partial charge in [-0.1, -0.05) is 22.9 Å². The molecule has 0 spiro atoms. The molecule has 0 N–H and O–H groups in total. The summed E-state index contributed by atoms with van der Waals surface area (Å²) in [6.45, 7) is 3.84. The molecular weight excluding hydrogens is 294 g/mol. The molecule has 0 radical (unpaired) electrons. The van der Waals surface area contributed by atoms with Crippen LogP contribution in [0.15, 0.2) is 12.4 Å². The maximum absolute atomic E-state index is 5.52. The number of ether oxygens (including phenoxy) is 1. The molecule has 4 nitrogen and oxygen atoms in total. The van der Waals surface area contributed by atoms with Gasteiger partial charge in [0.15, 0.2) is 0 Å². The lowest BCUT2D eigenvalue weighted by atomic mass is 9.85. The molecular formula is C13H20BrN3O. The SMILES string of the molecule is CCCOc1cc(N(C)CC2CC(Br)C2)ncn1. The number of rotatable bonds is 6. The van der Waals surface area contributed by atoms with Crippen molar-refractivity contribution >= 4 is 21.7 Å². The third kappa shape index (κ3) is 3.57. The van der Waals surface area contributed by atoms with Gasteiger partial charge in [0, 0.05) is 24.5 Å². The first-order valence-electron chi connectivity index (χ1n) is 6.49. The van der Waals surface area contributed by atoms with Crippen molar-refractivity contribution in [3.8, 4) is 5.88 Å². The van der Waals surface area contributed by atoms with Gasteiger partial charge in [-0.25, -0.2) is 9.97 Å². The maximum atomic E-state index is 5.52. The van der Waals surface area contributed by atoms with Crippen molar-refractivity contribution in [3.63, 3.8) is 0 Å². The highest BCUT2D eigenvalue weighted by Crippen LogP contribution is 2.34. The number of nitrogens with zero attached hydrogens (tertiary/aromatic N) is 3. The molecule has 0 aromatic carbocycles. The second-order valence-electron chi connectivity index (χ2n) is 4.88. The fourth-order valence-corrected chi connectivity index (χ4v) is 3.17. The summed E-state index contributed by atoms with van der Waals surface area (Å²) < 4.78 is 5.52. The zero-order chi connectivity index (χ0) is 13.0. The predicted octanol–water partition coefficient (Wildman–Crippen LogP) is 2.88. The van der Waals surface area contributed by atoms with Gasteiger partial charge in [0.25, 0.3) is 0 Å². The van der Waals surface area contributed by atoms with Crippen LogP contribution in [0.2, 0.25) is 0 Å². The minimum atomic E-state index is 0.667. The number of hydrogen-bond donors (Lipinski definition) is 0. The highest BCUT2D eigenvalue weighted by Gasteiger charge is 2.27. The minimum Gasteiger partial charge on any atom is -0.478 e. The van der Waals surface area contributed by atoms with Crippen molar-refractivity contribution in [2.75, 3.05) is 25.1 Å². The lowest BCUT2D eigenvalue weighted by molar-refractivity contribution is 0.304. The predicted molar refractivity (Wildman–Crippen MR) is 76.5 cm³/mol. The molecule has 0 atom stereocenters. The first kappa shape index (κ1) is 13.6. The number of hydrogen-bond acceptors (Lipinski definition) is 4. The van der Waals surface area contributed by atoms with Crippen LogP contribution < -0.4 is 9.64 Å². The van der Waals surface area contributed by atoms with Crippen molar-refractivity contribution in [1.29, 1.82) is 0 Å². The van der Waals surface area contributed by atoms with Crippen LogP contribution in [0.5, 0.6) is 5.88 Å². The zero-order valence-corrected chi connectivity index (χ0v) is 12.6. The minimum absolute atomic E-state index is 0.667. The van der Waals surface area contributed by atoms with E-state index in [4.69, 9.17) is 4.74 Å². The van der Waals surface area contributed by atoms with Crippen LogP contribution in [0.4, 0.5) is 5.82 Å². The van der Waals surface area contributed by atoms with Gasteiger partial charge in [0.2, 0.25) is 5.88 Å². The molecule has 1 aliphatic carbocycles. The Kier molecular flexibility index (Phi) is 4.80. The van der Waals surface area contributed by atoms with Crippen LogP contribution in [0.25, 0.3) is 0 Å². The van der Waals surface area contributed by atoms with Gasteiger partial charge in [-0.2, -0.15) is 0 Å². The smallest absolute Gasteiger partial charge is 0.218 e. The first-order chi connectivity index (χ1) is 8.69. The number of halogens is 1. The molecule has 2 rings (SSSR count). The Hall–Kier alpha value is -0.840. The van der Waals surface area contributed by atoms with Crippen LogP contribution in [0.3, 0.4) is 0 Å². The normalized spacial score (nSPS) is 22.4. The van der Waals surface area contributed by atoms with E-state index in [0.29, 0.717) is 17.3 Å². The van der Waals surface area contributed by atoms with E-state index in [1.54, 1.807) is 6.33 Å². The van der Waals surface area contributed by atoms with Crippen LogP contribution in [0, 0.1) is 5.92 Å². The molecule has 18 heavy (non-hydrogen) atoms. The molecule has 1 heterocycles. The van der Waals surface area contributed by atoms with Crippen molar-refractivity contribution in [2.45, 2.75) is 31.0 Å². The van der Waals surface area contributed by atoms with Crippen LogP contribution in [-0.2, 0) is 0 Å². The quantitative estimate of drug-likeness (QED) is 0.757. The molecule has 1 aromatic heterocycles. The lowest BCUT2D eigenvalue weighted by Gasteiger charge is -2.34. The topological polar surface area (TPSA) is 38.2 Å². The molecule has 1 fully saturated rings. The van der Waals surface area contributed by atoms with E-state index in [2.05, 4.69) is 44.8 Å². The lowest BCUT2D eigenvalue weighted by Crippen LogP contribution is -2.35. The second-order valence-corrected chi connectivity index (χ2v) is 6.17. The highest BCUT2D eigenvalue weighted by molar-refractivity contribution is 9.09. The average molecular weight is 314 g/mol. The summed E-state index contributed by atoms with van der Waals surface area (Å²) in [5, 5.41) is 0. The largest absolute Gasteiger partial charge is 0.478 e. The van der Waals surface area contributed by atoms with E-state index >= 15 is 0 Å². The monoisotopic (exact) mass is 313 g/mol. The van der Waals surface area contributed by atoms with Gasteiger partial charge in [0.05, 0.1) is 6.61 Å². The van der Waals surface area contributed by atoms with Gasteiger partial charge in [0.1, 0.15) is 12.1 Å². The molecule has 1 saturated carbocycles. The number of anilines is 1. The molecule has 0 amide bonds. The summed E-state index contributed by atoms with van der Waals surface area (Å²) in [5.74, 6) is 2.38. The summed E-state index contributed by atoms with van der Waals surface area (Å²) in [4.78, 5) is 11.3. The van der Waals surface area contributed by atoms with E-state index in [1.165, 1.54) is 12.8 Å². The Morgan fingerprint density at radius 1 is 1.44 bits per heavy atom. The van der Waals surface area contributed by atoms with Gasteiger partial charge in [-0.3, -0.25) is 0 Å². The van der Waals surface area contributed by atoms with Crippen molar-refractivity contribution < 1.29 is 4.74 Å². The number of aromatic nitrogens is 2. The summed E-state index contributed by atoms with van der Waals surface area (Å²) in [7, 11) is 2.08. The van der Waals surface area contributed by atoms with Crippen molar-refractivity contribution in [2.24, 2.45) is 5.92 Å². The fraction of sp³-hybridized carbons (Fsp3) is 0.692. The maximum Gasteiger partial charge on any atom is 0.218 e. The second kappa shape index (κ2) is 6.36. The molecule has 0 bridgehead atoms. The average Bonchev–Trinajstić information content (AvgIpc) is 2.35. The molecule has 0 saturated heterocycles. The van der Waals surface area contributed by atoms with E-state index in [0.717, 1.165) is 24.7 Å². The molecule has 1 aromatic rings. The van der Waals surface area contributed by atoms with E-state index in [9.17, 15) is 0 Å². The standard InChI is InChI=1S/C13H20BrN3O/c1-3-4-18-13-7-12(15-9-16-13)17(2)8-10-5-11(14)6-10/h7,9-11H,3-6,8H2,1-2H3. The van der Waals surface area contributed by atoms with Gasteiger partial charge in [-0.05, 0) is 25.2 Å². The van der Waals surface area contributed by atoms with Crippen LogP contribution in [0.1, 0.15) is 26.2 Å². The third-order valence-corrected chi connectivity index (χ3v) is 3.93. The van der Waals surface area contributed by atoms with E-state index in [1.807, 2.05) is 6.07 Å². The fourth-order valence-electron chi connectivity index (χ4n) is 2.11. The van der Waals surface area contributed by atoms with Crippen LogP contribution in [-0.4, -0.2) is 35.0 Å². The molecule has 100 valence electrons. The third-order valence-electron chi connectivity index (χ3n) is 3.18. The Labute approximate surface area is 117 Å². The Morgan fingerprint density at radius 3 is 2.89 bits per heavy atom. The Bertz CT molecular complexity index is 382. The van der Waals surface area contributed by atoms with E-state index < -0.39 is 0 Å².